The number of carboxylic acids is 1. The van der Waals surface area contributed by atoms with E-state index in [-0.39, 0.29) is 16.3 Å². The number of benzene rings is 2. The first-order valence-corrected chi connectivity index (χ1v) is 8.45. The van der Waals surface area contributed by atoms with Gasteiger partial charge in [0.05, 0.1) is 16.4 Å². The minimum atomic E-state index is -1.29. The molecule has 1 heterocycles. The second-order valence-electron chi connectivity index (χ2n) is 5.00. The highest BCUT2D eigenvalue weighted by Crippen LogP contribution is 2.33. The van der Waals surface area contributed by atoms with Crippen molar-refractivity contribution in [1.29, 1.82) is 5.26 Å². The van der Waals surface area contributed by atoms with E-state index in [2.05, 4.69) is 21.0 Å². The molecule has 0 aliphatic heterocycles. The molecule has 2 aromatic carbocycles. The van der Waals surface area contributed by atoms with Crippen molar-refractivity contribution in [2.45, 2.75) is 0 Å². The van der Waals surface area contributed by atoms with Crippen LogP contribution in [0.1, 0.15) is 16.1 Å². The molecule has 25 heavy (non-hydrogen) atoms. The fourth-order valence-electron chi connectivity index (χ4n) is 2.38. The van der Waals surface area contributed by atoms with Crippen molar-refractivity contribution in [3.63, 3.8) is 0 Å². The van der Waals surface area contributed by atoms with Crippen LogP contribution in [-0.4, -0.2) is 20.9 Å². The number of nitriles is 1. The van der Waals surface area contributed by atoms with Gasteiger partial charge in [-0.3, -0.25) is 0 Å². The molecule has 0 aliphatic carbocycles. The Balaban J connectivity index is 2.36. The van der Waals surface area contributed by atoms with Gasteiger partial charge in [-0.2, -0.15) is 10.4 Å². The lowest BCUT2D eigenvalue weighted by Gasteiger charge is -2.10. The Morgan fingerprint density at radius 3 is 2.44 bits per heavy atom. The highest BCUT2D eigenvalue weighted by Gasteiger charge is 2.25. The van der Waals surface area contributed by atoms with Crippen molar-refractivity contribution in [1.82, 2.24) is 9.78 Å². The van der Waals surface area contributed by atoms with Crippen LogP contribution in [-0.2, 0) is 0 Å². The molecule has 1 aromatic heterocycles. The zero-order chi connectivity index (χ0) is 18.1. The number of nitrogens with zero attached hydrogens (tertiary/aromatic N) is 3. The zero-order valence-electron chi connectivity index (χ0n) is 12.4. The summed E-state index contributed by atoms with van der Waals surface area (Å²) < 4.78 is 2.20. The fourth-order valence-corrected chi connectivity index (χ4v) is 3.13. The van der Waals surface area contributed by atoms with Crippen LogP contribution < -0.4 is 0 Å². The number of hydrogen-bond donors (Lipinski definition) is 1. The quantitative estimate of drug-likeness (QED) is 0.613. The summed E-state index contributed by atoms with van der Waals surface area (Å²) in [5.74, 6) is -1.29. The predicted octanol–water partition coefficient (Wildman–Crippen LogP) is 5.18. The maximum Gasteiger partial charge on any atom is 0.357 e. The number of aromatic nitrogens is 2. The highest BCUT2D eigenvalue weighted by atomic mass is 79.9. The van der Waals surface area contributed by atoms with E-state index < -0.39 is 5.97 Å². The fraction of sp³-hybridized carbons (Fsp3) is 0. The van der Waals surface area contributed by atoms with E-state index >= 15 is 0 Å². The van der Waals surface area contributed by atoms with E-state index in [4.69, 9.17) is 23.2 Å². The summed E-state index contributed by atoms with van der Waals surface area (Å²) in [4.78, 5) is 11.5. The molecular formula is C17H8BrCl2N3O2. The molecule has 0 unspecified atom stereocenters. The Labute approximate surface area is 161 Å². The Bertz CT molecular complexity index is 1020. The van der Waals surface area contributed by atoms with Gasteiger partial charge in [-0.15, -0.1) is 0 Å². The van der Waals surface area contributed by atoms with Gasteiger partial charge in [-0.25, -0.2) is 9.48 Å². The van der Waals surface area contributed by atoms with Crippen molar-refractivity contribution in [2.24, 2.45) is 0 Å². The van der Waals surface area contributed by atoms with Gasteiger partial charge in [0.15, 0.2) is 5.69 Å². The summed E-state index contributed by atoms with van der Waals surface area (Å²) >= 11 is 15.5. The lowest BCUT2D eigenvalue weighted by molar-refractivity contribution is 0.0689. The maximum absolute atomic E-state index is 11.5. The standard InChI is InChI=1S/C17H8BrCl2N3O2/c18-10-3-1-9(2-4-10)16-12(8-21)15(17(24)25)22-23(16)14-6-5-11(19)7-13(14)20/h1-7H,(H,24,25). The highest BCUT2D eigenvalue weighted by molar-refractivity contribution is 9.10. The van der Waals surface area contributed by atoms with Crippen molar-refractivity contribution < 1.29 is 9.90 Å². The Morgan fingerprint density at radius 1 is 1.20 bits per heavy atom. The first-order chi connectivity index (χ1) is 11.9. The van der Waals surface area contributed by atoms with Gasteiger partial charge < -0.3 is 5.11 Å². The molecule has 3 rings (SSSR count). The Kier molecular flexibility index (Phi) is 4.82. The maximum atomic E-state index is 11.5. The molecule has 124 valence electrons. The van der Waals surface area contributed by atoms with E-state index in [1.165, 1.54) is 10.7 Å². The van der Waals surface area contributed by atoms with Crippen molar-refractivity contribution in [2.75, 3.05) is 0 Å². The van der Waals surface area contributed by atoms with Crippen LogP contribution in [0.15, 0.2) is 46.9 Å². The molecule has 0 aliphatic rings. The molecule has 0 fully saturated rings. The van der Waals surface area contributed by atoms with Crippen LogP contribution >= 0.6 is 39.1 Å². The van der Waals surface area contributed by atoms with Crippen molar-refractivity contribution in [3.05, 3.63) is 68.2 Å². The van der Waals surface area contributed by atoms with Crippen LogP contribution in [0, 0.1) is 11.3 Å². The molecular weight excluding hydrogens is 429 g/mol. The van der Waals surface area contributed by atoms with Crippen LogP contribution in [0.3, 0.4) is 0 Å². The Hall–Kier alpha value is -2.33. The largest absolute Gasteiger partial charge is 0.476 e. The average molecular weight is 437 g/mol. The molecule has 0 saturated heterocycles. The number of hydrogen-bond acceptors (Lipinski definition) is 3. The predicted molar refractivity (Wildman–Crippen MR) is 98.4 cm³/mol. The first-order valence-electron chi connectivity index (χ1n) is 6.90. The SMILES string of the molecule is N#Cc1c(C(=O)O)nn(-c2ccc(Cl)cc2Cl)c1-c1ccc(Br)cc1. The van der Waals surface area contributed by atoms with E-state index in [1.807, 2.05) is 6.07 Å². The lowest BCUT2D eigenvalue weighted by atomic mass is 10.1. The van der Waals surface area contributed by atoms with Crippen molar-refractivity contribution >= 4 is 45.1 Å². The topological polar surface area (TPSA) is 78.9 Å². The van der Waals surface area contributed by atoms with E-state index in [0.717, 1.165) is 4.47 Å². The van der Waals surface area contributed by atoms with Gasteiger partial charge in [0, 0.05) is 15.1 Å². The molecule has 0 atom stereocenters. The molecule has 0 bridgehead atoms. The van der Waals surface area contributed by atoms with Crippen LogP contribution in [0.25, 0.3) is 16.9 Å². The van der Waals surface area contributed by atoms with E-state index in [1.54, 1.807) is 36.4 Å². The van der Waals surface area contributed by atoms with Crippen LogP contribution in [0.2, 0.25) is 10.0 Å². The molecule has 0 spiro atoms. The number of aromatic carboxylic acids is 1. The summed E-state index contributed by atoms with van der Waals surface area (Å²) in [6.07, 6.45) is 0. The van der Waals surface area contributed by atoms with Crippen LogP contribution in [0.5, 0.6) is 0 Å². The molecule has 8 heteroatoms. The number of carboxylic acid groups (broad SMARTS) is 1. The van der Waals surface area contributed by atoms with Gasteiger partial charge in [-0.1, -0.05) is 51.3 Å². The normalized spacial score (nSPS) is 10.5. The molecule has 3 aromatic rings. The monoisotopic (exact) mass is 435 g/mol. The van der Waals surface area contributed by atoms with E-state index in [0.29, 0.717) is 22.0 Å². The van der Waals surface area contributed by atoms with Gasteiger partial charge in [0.25, 0.3) is 0 Å². The summed E-state index contributed by atoms with van der Waals surface area (Å²) in [6, 6.07) is 13.8. The third-order valence-corrected chi connectivity index (χ3v) is 4.52. The summed E-state index contributed by atoms with van der Waals surface area (Å²) in [5.41, 5.74) is 1.02. The third kappa shape index (κ3) is 3.27. The minimum absolute atomic E-state index is 0.0409. The second-order valence-corrected chi connectivity index (χ2v) is 6.76. The average Bonchev–Trinajstić information content (AvgIpc) is 2.95. The summed E-state index contributed by atoms with van der Waals surface area (Å²) in [7, 11) is 0. The molecule has 0 amide bonds. The molecule has 0 radical (unpaired) electrons. The minimum Gasteiger partial charge on any atom is -0.476 e. The van der Waals surface area contributed by atoms with Gasteiger partial charge in [-0.05, 0) is 30.3 Å². The van der Waals surface area contributed by atoms with Crippen LogP contribution in [0.4, 0.5) is 0 Å². The molecule has 1 N–H and O–H groups in total. The molecule has 0 saturated carbocycles. The van der Waals surface area contributed by atoms with Gasteiger partial charge in [0.2, 0.25) is 0 Å². The Morgan fingerprint density at radius 2 is 1.88 bits per heavy atom. The summed E-state index contributed by atoms with van der Waals surface area (Å²) in [6.45, 7) is 0. The van der Waals surface area contributed by atoms with Crippen molar-refractivity contribution in [3.8, 4) is 23.0 Å². The summed E-state index contributed by atoms with van der Waals surface area (Å²) in [5, 5.41) is 23.7. The number of rotatable bonds is 3. The van der Waals surface area contributed by atoms with E-state index in [9.17, 15) is 15.2 Å². The third-order valence-electron chi connectivity index (χ3n) is 3.46. The number of halogens is 3. The smallest absolute Gasteiger partial charge is 0.357 e. The molecule has 5 nitrogen and oxygen atoms in total. The lowest BCUT2D eigenvalue weighted by Crippen LogP contribution is -2.03. The number of carbonyl (C=O) groups is 1. The van der Waals surface area contributed by atoms with Gasteiger partial charge >= 0.3 is 5.97 Å². The first kappa shape index (κ1) is 17.5. The second kappa shape index (κ2) is 6.89. The zero-order valence-corrected chi connectivity index (χ0v) is 15.5. The van der Waals surface area contributed by atoms with Gasteiger partial charge in [0.1, 0.15) is 11.6 Å².